The van der Waals surface area contributed by atoms with Crippen LogP contribution in [0.3, 0.4) is 0 Å². The van der Waals surface area contributed by atoms with Gasteiger partial charge in [-0.2, -0.15) is 0 Å². The van der Waals surface area contributed by atoms with Crippen LogP contribution in [0, 0.1) is 5.92 Å². The lowest BCUT2D eigenvalue weighted by Gasteiger charge is -2.32. The molecule has 0 saturated carbocycles. The number of phenols is 1. The molecule has 3 amide bonds. The van der Waals surface area contributed by atoms with Crippen LogP contribution >= 0.6 is 0 Å². The smallest absolute Gasteiger partial charge is 0.328 e. The van der Waals surface area contributed by atoms with Crippen LogP contribution in [0.1, 0.15) is 23.6 Å². The molecule has 43 heavy (non-hydrogen) atoms. The second-order valence-corrected chi connectivity index (χ2v) is 12.6. The highest BCUT2D eigenvalue weighted by Gasteiger charge is 2.70. The number of carbonyl (C=O) groups is 2. The van der Waals surface area contributed by atoms with Crippen LogP contribution in [0.4, 0.5) is 16.2 Å². The van der Waals surface area contributed by atoms with Gasteiger partial charge in [0.1, 0.15) is 11.3 Å². The van der Waals surface area contributed by atoms with Gasteiger partial charge in [0.15, 0.2) is 0 Å². The molecule has 3 aromatic rings. The number of likely N-dealkylation sites (tertiary alicyclic amines) is 1. The number of fused-ring (bicyclic) bond motifs is 1. The Morgan fingerprint density at radius 3 is 2.51 bits per heavy atom. The zero-order valence-corrected chi connectivity index (χ0v) is 24.9. The Labute approximate surface area is 252 Å². The summed E-state index contributed by atoms with van der Waals surface area (Å²) in [6, 6.07) is 17.6. The van der Waals surface area contributed by atoms with Crippen LogP contribution in [-0.2, 0) is 16.1 Å². The summed E-state index contributed by atoms with van der Waals surface area (Å²) in [5, 5.41) is 12.5. The number of hydrogen-bond donors (Lipinski definition) is 2. The zero-order chi connectivity index (χ0) is 29.9. The first-order valence-corrected chi connectivity index (χ1v) is 15.2. The molecule has 4 saturated heterocycles. The Hall–Kier alpha value is -3.86. The van der Waals surface area contributed by atoms with E-state index in [1.807, 2.05) is 31.1 Å². The first kappa shape index (κ1) is 27.9. The molecule has 3 atom stereocenters. The third kappa shape index (κ3) is 4.51. The van der Waals surface area contributed by atoms with Gasteiger partial charge in [-0.1, -0.05) is 36.4 Å². The van der Waals surface area contributed by atoms with E-state index in [9.17, 15) is 14.7 Å². The summed E-state index contributed by atoms with van der Waals surface area (Å²) < 4.78 is 5.50. The minimum atomic E-state index is -0.913. The summed E-state index contributed by atoms with van der Waals surface area (Å²) in [7, 11) is 4.08. The van der Waals surface area contributed by atoms with E-state index in [0.29, 0.717) is 51.6 Å². The molecule has 4 aliphatic rings. The Morgan fingerprint density at radius 1 is 1.00 bits per heavy atom. The normalized spacial score (nSPS) is 26.0. The number of aromatic hydroxyl groups is 1. The molecule has 1 spiro atoms. The maximum Gasteiger partial charge on any atom is 0.328 e. The average molecular weight is 585 g/mol. The van der Waals surface area contributed by atoms with E-state index in [-0.39, 0.29) is 29.6 Å². The van der Waals surface area contributed by atoms with Crippen LogP contribution in [0.25, 0.3) is 10.8 Å². The molecule has 3 N–H and O–H groups in total. The van der Waals surface area contributed by atoms with Crippen molar-refractivity contribution in [1.82, 2.24) is 19.6 Å². The summed E-state index contributed by atoms with van der Waals surface area (Å²) in [4.78, 5) is 38.9. The number of amides is 3. The topological polar surface area (TPSA) is 106 Å². The monoisotopic (exact) mass is 584 g/mol. The van der Waals surface area contributed by atoms with Crippen molar-refractivity contribution in [1.29, 1.82) is 0 Å². The van der Waals surface area contributed by atoms with Gasteiger partial charge in [-0.25, -0.2) is 4.79 Å². The number of anilines is 2. The lowest BCUT2D eigenvalue weighted by molar-refractivity contribution is -0.133. The highest BCUT2D eigenvalue weighted by Crippen LogP contribution is 2.56. The van der Waals surface area contributed by atoms with E-state index >= 15 is 0 Å². The van der Waals surface area contributed by atoms with Gasteiger partial charge in [-0.05, 0) is 41.1 Å². The molecule has 0 aromatic heterocycles. The number of rotatable bonds is 7. The van der Waals surface area contributed by atoms with Gasteiger partial charge in [0.05, 0.1) is 24.9 Å². The number of nitrogens with two attached hydrogens (primary N) is 1. The Bertz CT molecular complexity index is 1570. The number of urea groups is 1. The summed E-state index contributed by atoms with van der Waals surface area (Å²) in [5.74, 6) is -0.0154. The number of morpholine rings is 1. The molecule has 10 heteroatoms. The fraction of sp³-hybridized carbons (Fsp3) is 0.455. The van der Waals surface area contributed by atoms with Gasteiger partial charge >= 0.3 is 6.03 Å². The van der Waals surface area contributed by atoms with E-state index in [0.717, 1.165) is 47.1 Å². The van der Waals surface area contributed by atoms with E-state index in [1.165, 1.54) is 4.90 Å². The van der Waals surface area contributed by atoms with Crippen molar-refractivity contribution in [2.24, 2.45) is 5.92 Å². The summed E-state index contributed by atoms with van der Waals surface area (Å²) in [6.45, 7) is 5.72. The molecule has 4 aliphatic heterocycles. The molecule has 226 valence electrons. The number of phenolic OH excluding ortho intramolecular Hbond substituents is 1. The molecule has 3 aromatic carbocycles. The van der Waals surface area contributed by atoms with Gasteiger partial charge in [-0.15, -0.1) is 0 Å². The average Bonchev–Trinajstić information content (AvgIpc) is 3.58. The number of nitrogen functional groups attached to an aromatic ring is 1. The molecule has 10 nitrogen and oxygen atoms in total. The molecule has 4 heterocycles. The van der Waals surface area contributed by atoms with Gasteiger partial charge in [0, 0.05) is 76.9 Å². The minimum Gasteiger partial charge on any atom is -0.506 e. The molecule has 0 aliphatic carbocycles. The second-order valence-electron chi connectivity index (χ2n) is 12.6. The molecule has 0 bridgehead atoms. The number of carbonyl (C=O) groups excluding carboxylic acids is 2. The van der Waals surface area contributed by atoms with Crippen molar-refractivity contribution in [2.75, 3.05) is 77.2 Å². The fourth-order valence-corrected chi connectivity index (χ4v) is 7.88. The fourth-order valence-electron chi connectivity index (χ4n) is 7.88. The predicted molar refractivity (Wildman–Crippen MR) is 166 cm³/mol. The van der Waals surface area contributed by atoms with Crippen molar-refractivity contribution in [3.05, 3.63) is 65.7 Å². The quantitative estimate of drug-likeness (QED) is 0.248. The van der Waals surface area contributed by atoms with Gasteiger partial charge in [-0.3, -0.25) is 19.5 Å². The van der Waals surface area contributed by atoms with Gasteiger partial charge in [0.25, 0.3) is 5.91 Å². The number of ether oxygens (including phenoxy) is 1. The van der Waals surface area contributed by atoms with Crippen molar-refractivity contribution in [3.8, 4) is 5.75 Å². The third-order valence-corrected chi connectivity index (χ3v) is 9.94. The second kappa shape index (κ2) is 10.7. The predicted octanol–water partition coefficient (Wildman–Crippen LogP) is 3.11. The van der Waals surface area contributed by atoms with Crippen LogP contribution in [0.15, 0.2) is 54.6 Å². The number of nitrogens with zero attached hydrogens (tertiary/aromatic N) is 5. The molecule has 7 rings (SSSR count). The molecule has 0 radical (unpaired) electrons. The summed E-state index contributed by atoms with van der Waals surface area (Å²) >= 11 is 0. The van der Waals surface area contributed by atoms with E-state index in [1.54, 1.807) is 12.1 Å². The zero-order valence-electron chi connectivity index (χ0n) is 24.9. The number of benzene rings is 3. The lowest BCUT2D eigenvalue weighted by atomic mass is 9.87. The standard InChI is InChI=1S/C33H40N6O4/c1-35(2)28-10-8-26(24-5-3-4-6-25(24)28)29-18-23-20-37(19-22-7-9-27(34)30(40)17-22)21-33(23)31(41)38(32(42)39(29)33)12-11-36-13-15-43-16-14-36/h3-10,17,23,29,40H,11-16,18-21,34H2,1-2H3/t23-,29+,33?/m1/s1. The van der Waals surface area contributed by atoms with Crippen LogP contribution in [-0.4, -0.2) is 109 Å². The Morgan fingerprint density at radius 2 is 1.77 bits per heavy atom. The Balaban J connectivity index is 1.24. The lowest BCUT2D eigenvalue weighted by Crippen LogP contribution is -2.51. The maximum atomic E-state index is 14.5. The van der Waals surface area contributed by atoms with Crippen LogP contribution in [0.5, 0.6) is 5.75 Å². The van der Waals surface area contributed by atoms with Crippen LogP contribution in [0.2, 0.25) is 0 Å². The van der Waals surface area contributed by atoms with Crippen molar-refractivity contribution in [2.45, 2.75) is 24.5 Å². The molecule has 4 fully saturated rings. The van der Waals surface area contributed by atoms with E-state index in [4.69, 9.17) is 10.5 Å². The SMILES string of the molecule is CN(C)c1ccc([C@@H]2C[C@@H]3CN(Cc4ccc(N)c(O)c4)CC34C(=O)N(CCN3CCOCC3)C(=O)N24)c2ccccc12. The number of hydrogen-bond acceptors (Lipinski definition) is 8. The highest BCUT2D eigenvalue weighted by molar-refractivity contribution is 6.09. The third-order valence-electron chi connectivity index (χ3n) is 9.94. The van der Waals surface area contributed by atoms with E-state index in [2.05, 4.69) is 45.0 Å². The van der Waals surface area contributed by atoms with Crippen molar-refractivity contribution < 1.29 is 19.4 Å². The molecule has 1 unspecified atom stereocenters. The molecular weight excluding hydrogens is 544 g/mol. The van der Waals surface area contributed by atoms with Crippen molar-refractivity contribution in [3.63, 3.8) is 0 Å². The minimum absolute atomic E-state index is 0.00278. The first-order valence-electron chi connectivity index (χ1n) is 15.2. The van der Waals surface area contributed by atoms with E-state index < -0.39 is 5.54 Å². The maximum absolute atomic E-state index is 14.5. The first-order chi connectivity index (χ1) is 20.8. The molecular formula is C33H40N6O4. The number of imide groups is 1. The largest absolute Gasteiger partial charge is 0.506 e. The van der Waals surface area contributed by atoms with Crippen molar-refractivity contribution >= 4 is 34.1 Å². The van der Waals surface area contributed by atoms with Crippen LogP contribution < -0.4 is 10.6 Å². The Kier molecular flexibility index (Phi) is 6.95. The van der Waals surface area contributed by atoms with Gasteiger partial charge < -0.3 is 25.4 Å². The highest BCUT2D eigenvalue weighted by atomic mass is 16.5. The summed E-state index contributed by atoms with van der Waals surface area (Å²) in [5.41, 5.74) is 8.42. The van der Waals surface area contributed by atoms with Gasteiger partial charge in [0.2, 0.25) is 0 Å². The summed E-state index contributed by atoms with van der Waals surface area (Å²) in [6.07, 6.45) is 0.726.